The fraction of sp³-hybridized carbons (Fsp3) is 0.292. The maximum atomic E-state index is 11.9. The van der Waals surface area contributed by atoms with Crippen LogP contribution in [0.4, 0.5) is 5.69 Å². The summed E-state index contributed by atoms with van der Waals surface area (Å²) in [5.41, 5.74) is 7.13. The molecule has 0 aliphatic heterocycles. The standard InChI is InChI=1S/C24H28N4OS/c1-6-28(5)15-26-21-11-16(2)20(10-17(21)3)13-23-27-22(14-30-23)18-8-7-9-19(12-18)24(29)25-4/h7-12,14-15H,6,13H2,1-5H3,(H,25,29)/b26-15+. The third-order valence-corrected chi connectivity index (χ3v) is 5.94. The Morgan fingerprint density at radius 1 is 1.23 bits per heavy atom. The van der Waals surface area contributed by atoms with Gasteiger partial charge >= 0.3 is 0 Å². The number of nitrogens with one attached hydrogen (secondary N) is 1. The Hall–Kier alpha value is -2.99. The molecule has 30 heavy (non-hydrogen) atoms. The molecular formula is C24H28N4OS. The van der Waals surface area contributed by atoms with Crippen LogP contribution in [-0.4, -0.2) is 42.8 Å². The van der Waals surface area contributed by atoms with Crippen molar-refractivity contribution < 1.29 is 4.79 Å². The van der Waals surface area contributed by atoms with Crippen molar-refractivity contribution in [3.63, 3.8) is 0 Å². The predicted molar refractivity (Wildman–Crippen MR) is 126 cm³/mol. The van der Waals surface area contributed by atoms with E-state index in [0.29, 0.717) is 5.56 Å². The first kappa shape index (κ1) is 21.7. The Morgan fingerprint density at radius 2 is 2.03 bits per heavy atom. The molecular weight excluding hydrogens is 392 g/mol. The van der Waals surface area contributed by atoms with E-state index in [0.717, 1.165) is 40.5 Å². The second-order valence-electron chi connectivity index (χ2n) is 7.35. The number of benzene rings is 2. The number of carbonyl (C=O) groups is 1. The second kappa shape index (κ2) is 9.67. The lowest BCUT2D eigenvalue weighted by molar-refractivity contribution is 0.0963. The zero-order chi connectivity index (χ0) is 21.7. The van der Waals surface area contributed by atoms with E-state index in [2.05, 4.69) is 53.5 Å². The van der Waals surface area contributed by atoms with Crippen LogP contribution in [-0.2, 0) is 6.42 Å². The molecule has 3 rings (SSSR count). The normalized spacial score (nSPS) is 11.1. The van der Waals surface area contributed by atoms with Gasteiger partial charge in [-0.15, -0.1) is 11.3 Å². The summed E-state index contributed by atoms with van der Waals surface area (Å²) in [5.74, 6) is -0.0914. The maximum Gasteiger partial charge on any atom is 0.251 e. The Labute approximate surface area is 182 Å². The number of aliphatic imine (C=N–C) groups is 1. The predicted octanol–water partition coefficient (Wildman–Crippen LogP) is 4.99. The molecule has 0 saturated carbocycles. The van der Waals surface area contributed by atoms with Gasteiger partial charge in [-0.1, -0.05) is 18.2 Å². The average molecular weight is 421 g/mol. The zero-order valence-corrected chi connectivity index (χ0v) is 19.0. The molecule has 0 aliphatic carbocycles. The summed E-state index contributed by atoms with van der Waals surface area (Å²) in [6.45, 7) is 7.25. The van der Waals surface area contributed by atoms with Crippen molar-refractivity contribution in [1.82, 2.24) is 15.2 Å². The van der Waals surface area contributed by atoms with E-state index in [9.17, 15) is 4.79 Å². The molecule has 0 radical (unpaired) electrons. The molecule has 6 heteroatoms. The number of amides is 1. The van der Waals surface area contributed by atoms with Crippen molar-refractivity contribution in [3.05, 3.63) is 69.0 Å². The van der Waals surface area contributed by atoms with E-state index in [1.807, 2.05) is 37.7 Å². The molecule has 0 fully saturated rings. The molecule has 0 atom stereocenters. The first-order valence-electron chi connectivity index (χ1n) is 10.0. The Balaban J connectivity index is 1.80. The van der Waals surface area contributed by atoms with Gasteiger partial charge in [-0.05, 0) is 55.7 Å². The lowest BCUT2D eigenvalue weighted by atomic mass is 10.0. The molecule has 1 aromatic heterocycles. The van der Waals surface area contributed by atoms with Crippen LogP contribution in [0.1, 0.15) is 39.0 Å². The SMILES string of the molecule is CCN(C)/C=N/c1cc(C)c(Cc2nc(-c3cccc(C(=O)NC)c3)cs2)cc1C. The highest BCUT2D eigenvalue weighted by molar-refractivity contribution is 7.10. The molecule has 1 heterocycles. The largest absolute Gasteiger partial charge is 0.366 e. The molecule has 156 valence electrons. The summed E-state index contributed by atoms with van der Waals surface area (Å²) in [6.07, 6.45) is 2.66. The minimum Gasteiger partial charge on any atom is -0.366 e. The van der Waals surface area contributed by atoms with E-state index < -0.39 is 0 Å². The highest BCUT2D eigenvalue weighted by Gasteiger charge is 2.11. The van der Waals surface area contributed by atoms with Crippen LogP contribution in [0.2, 0.25) is 0 Å². The summed E-state index contributed by atoms with van der Waals surface area (Å²) in [6, 6.07) is 11.9. The highest BCUT2D eigenvalue weighted by Crippen LogP contribution is 2.28. The zero-order valence-electron chi connectivity index (χ0n) is 18.2. The number of nitrogens with zero attached hydrogens (tertiary/aromatic N) is 3. The van der Waals surface area contributed by atoms with Gasteiger partial charge in [-0.2, -0.15) is 0 Å². The van der Waals surface area contributed by atoms with Gasteiger partial charge in [0.15, 0.2) is 0 Å². The number of carbonyl (C=O) groups excluding carboxylic acids is 1. The average Bonchev–Trinajstić information content (AvgIpc) is 3.23. The maximum absolute atomic E-state index is 11.9. The van der Waals surface area contributed by atoms with Crippen LogP contribution in [0.3, 0.4) is 0 Å². The van der Waals surface area contributed by atoms with Gasteiger partial charge < -0.3 is 10.2 Å². The molecule has 1 N–H and O–H groups in total. The van der Waals surface area contributed by atoms with Crippen LogP contribution >= 0.6 is 11.3 Å². The molecule has 2 aromatic carbocycles. The number of hydrogen-bond donors (Lipinski definition) is 1. The molecule has 0 unspecified atom stereocenters. The van der Waals surface area contributed by atoms with Gasteiger partial charge in [-0.25, -0.2) is 9.98 Å². The number of aromatic nitrogens is 1. The smallest absolute Gasteiger partial charge is 0.251 e. The third-order valence-electron chi connectivity index (χ3n) is 5.09. The molecule has 3 aromatic rings. The Kier molecular flexibility index (Phi) is 7.00. The van der Waals surface area contributed by atoms with Gasteiger partial charge in [0, 0.05) is 43.6 Å². The number of rotatable bonds is 7. The molecule has 1 amide bonds. The first-order valence-corrected chi connectivity index (χ1v) is 10.9. The van der Waals surface area contributed by atoms with Crippen molar-refractivity contribution in [2.24, 2.45) is 4.99 Å². The minimum absolute atomic E-state index is 0.0914. The van der Waals surface area contributed by atoms with Crippen LogP contribution < -0.4 is 5.32 Å². The molecule has 0 saturated heterocycles. The van der Waals surface area contributed by atoms with Crippen LogP contribution in [0.15, 0.2) is 46.8 Å². The van der Waals surface area contributed by atoms with E-state index in [1.165, 1.54) is 11.1 Å². The summed E-state index contributed by atoms with van der Waals surface area (Å²) in [4.78, 5) is 23.4. The van der Waals surface area contributed by atoms with Crippen LogP contribution in [0.25, 0.3) is 11.3 Å². The topological polar surface area (TPSA) is 57.6 Å². The first-order chi connectivity index (χ1) is 14.4. The molecule has 0 bridgehead atoms. The van der Waals surface area contributed by atoms with Crippen LogP contribution in [0.5, 0.6) is 0 Å². The number of thiazole rings is 1. The van der Waals surface area contributed by atoms with Crippen molar-refractivity contribution in [1.29, 1.82) is 0 Å². The summed E-state index contributed by atoms with van der Waals surface area (Å²) < 4.78 is 0. The van der Waals surface area contributed by atoms with Crippen molar-refractivity contribution in [2.75, 3.05) is 20.6 Å². The number of aryl methyl sites for hydroxylation is 2. The Morgan fingerprint density at radius 3 is 2.77 bits per heavy atom. The van der Waals surface area contributed by atoms with Crippen LogP contribution in [0, 0.1) is 13.8 Å². The summed E-state index contributed by atoms with van der Waals surface area (Å²) in [7, 11) is 3.66. The lowest BCUT2D eigenvalue weighted by Crippen LogP contribution is -2.17. The second-order valence-corrected chi connectivity index (χ2v) is 8.29. The van der Waals surface area contributed by atoms with E-state index >= 15 is 0 Å². The lowest BCUT2D eigenvalue weighted by Gasteiger charge is -2.11. The van der Waals surface area contributed by atoms with Gasteiger partial charge in [0.1, 0.15) is 0 Å². The van der Waals surface area contributed by atoms with Gasteiger partial charge in [0.25, 0.3) is 5.91 Å². The van der Waals surface area contributed by atoms with E-state index in [-0.39, 0.29) is 5.91 Å². The fourth-order valence-electron chi connectivity index (χ4n) is 3.08. The van der Waals surface area contributed by atoms with Crippen molar-refractivity contribution in [2.45, 2.75) is 27.2 Å². The van der Waals surface area contributed by atoms with E-state index in [1.54, 1.807) is 18.4 Å². The van der Waals surface area contributed by atoms with Gasteiger partial charge in [0.05, 0.1) is 22.7 Å². The minimum atomic E-state index is -0.0914. The monoisotopic (exact) mass is 420 g/mol. The summed E-state index contributed by atoms with van der Waals surface area (Å²) in [5, 5.41) is 5.77. The third kappa shape index (κ3) is 5.13. The summed E-state index contributed by atoms with van der Waals surface area (Å²) >= 11 is 1.65. The highest BCUT2D eigenvalue weighted by atomic mass is 32.1. The molecule has 0 aliphatic rings. The van der Waals surface area contributed by atoms with Crippen molar-refractivity contribution >= 4 is 29.3 Å². The van der Waals surface area contributed by atoms with E-state index in [4.69, 9.17) is 4.98 Å². The molecule has 0 spiro atoms. The fourth-order valence-corrected chi connectivity index (χ4v) is 3.91. The van der Waals surface area contributed by atoms with Gasteiger partial charge in [-0.3, -0.25) is 4.79 Å². The van der Waals surface area contributed by atoms with Gasteiger partial charge in [0.2, 0.25) is 0 Å². The quantitative estimate of drug-likeness (QED) is 0.433. The molecule has 5 nitrogen and oxygen atoms in total. The number of hydrogen-bond acceptors (Lipinski definition) is 4. The Bertz CT molecular complexity index is 1070. The van der Waals surface area contributed by atoms with Crippen molar-refractivity contribution in [3.8, 4) is 11.3 Å².